The maximum atomic E-state index is 4.34. The summed E-state index contributed by atoms with van der Waals surface area (Å²) in [5.74, 6) is 0. The first-order valence-electron chi connectivity index (χ1n) is 5.81. The summed E-state index contributed by atoms with van der Waals surface area (Å²) < 4.78 is 0. The average molecular weight is 227 g/mol. The van der Waals surface area contributed by atoms with Gasteiger partial charge in [-0.25, -0.2) is 0 Å². The first-order valence-corrected chi connectivity index (χ1v) is 5.81. The van der Waals surface area contributed by atoms with Gasteiger partial charge in [-0.05, 0) is 43.2 Å². The molecule has 0 saturated carbocycles. The lowest BCUT2D eigenvalue weighted by Gasteiger charge is -2.14. The predicted octanol–water partition coefficient (Wildman–Crippen LogP) is 2.64. The Labute approximate surface area is 102 Å². The molecule has 88 valence electrons. The van der Waals surface area contributed by atoms with E-state index in [2.05, 4.69) is 29.1 Å². The van der Waals surface area contributed by atoms with E-state index in [1.54, 1.807) is 0 Å². The van der Waals surface area contributed by atoms with Crippen LogP contribution in [-0.2, 0) is 6.54 Å². The van der Waals surface area contributed by atoms with Crippen LogP contribution in [0.4, 0.5) is 0 Å². The van der Waals surface area contributed by atoms with Gasteiger partial charge in [0.25, 0.3) is 0 Å². The van der Waals surface area contributed by atoms with Crippen LogP contribution in [0.1, 0.15) is 29.8 Å². The van der Waals surface area contributed by atoms with Crippen molar-refractivity contribution < 1.29 is 0 Å². The van der Waals surface area contributed by atoms with Crippen LogP contribution in [0.5, 0.6) is 0 Å². The van der Waals surface area contributed by atoms with Crippen molar-refractivity contribution in [3.05, 3.63) is 59.7 Å². The number of hydrogen-bond acceptors (Lipinski definition) is 3. The molecule has 3 nitrogen and oxygen atoms in total. The SMILES string of the molecule is Cc1ccncc1CN[C@H](C)c1ccccn1. The zero-order chi connectivity index (χ0) is 12.1. The minimum Gasteiger partial charge on any atom is -0.305 e. The van der Waals surface area contributed by atoms with E-state index in [1.165, 1.54) is 11.1 Å². The fraction of sp³-hybridized carbons (Fsp3) is 0.286. The molecule has 3 heteroatoms. The number of aryl methyl sites for hydroxylation is 1. The van der Waals surface area contributed by atoms with E-state index in [0.29, 0.717) is 0 Å². The van der Waals surface area contributed by atoms with E-state index in [-0.39, 0.29) is 6.04 Å². The van der Waals surface area contributed by atoms with E-state index in [0.717, 1.165) is 12.2 Å². The summed E-state index contributed by atoms with van der Waals surface area (Å²) in [6.07, 6.45) is 5.55. The maximum Gasteiger partial charge on any atom is 0.0570 e. The van der Waals surface area contributed by atoms with Crippen molar-refractivity contribution in [1.82, 2.24) is 15.3 Å². The molecule has 0 aromatic carbocycles. The van der Waals surface area contributed by atoms with Crippen LogP contribution in [0.3, 0.4) is 0 Å². The lowest BCUT2D eigenvalue weighted by atomic mass is 10.1. The molecule has 0 radical (unpaired) electrons. The van der Waals surface area contributed by atoms with Gasteiger partial charge in [-0.1, -0.05) is 6.07 Å². The zero-order valence-corrected chi connectivity index (χ0v) is 10.2. The Morgan fingerprint density at radius 3 is 2.82 bits per heavy atom. The minimum absolute atomic E-state index is 0.246. The summed E-state index contributed by atoms with van der Waals surface area (Å²) in [7, 11) is 0. The highest BCUT2D eigenvalue weighted by molar-refractivity contribution is 5.21. The molecule has 1 N–H and O–H groups in total. The van der Waals surface area contributed by atoms with Gasteiger partial charge in [0.2, 0.25) is 0 Å². The van der Waals surface area contributed by atoms with Crippen molar-refractivity contribution in [2.24, 2.45) is 0 Å². The third-order valence-corrected chi connectivity index (χ3v) is 2.88. The molecule has 0 amide bonds. The monoisotopic (exact) mass is 227 g/mol. The highest BCUT2D eigenvalue weighted by atomic mass is 14.9. The summed E-state index contributed by atoms with van der Waals surface area (Å²) in [5.41, 5.74) is 3.56. The van der Waals surface area contributed by atoms with Crippen LogP contribution in [0, 0.1) is 6.92 Å². The van der Waals surface area contributed by atoms with Gasteiger partial charge < -0.3 is 5.32 Å². The van der Waals surface area contributed by atoms with Gasteiger partial charge in [-0.2, -0.15) is 0 Å². The molecule has 0 bridgehead atoms. The molecular weight excluding hydrogens is 210 g/mol. The molecule has 0 unspecified atom stereocenters. The smallest absolute Gasteiger partial charge is 0.0570 e. The molecule has 0 aliphatic rings. The fourth-order valence-electron chi connectivity index (χ4n) is 1.68. The molecule has 1 atom stereocenters. The van der Waals surface area contributed by atoms with Crippen LogP contribution in [-0.4, -0.2) is 9.97 Å². The van der Waals surface area contributed by atoms with Crippen LogP contribution >= 0.6 is 0 Å². The molecule has 2 heterocycles. The molecule has 0 saturated heterocycles. The van der Waals surface area contributed by atoms with Crippen molar-refractivity contribution in [2.75, 3.05) is 0 Å². The van der Waals surface area contributed by atoms with E-state index in [4.69, 9.17) is 0 Å². The van der Waals surface area contributed by atoms with Gasteiger partial charge in [0.1, 0.15) is 0 Å². The molecule has 0 fully saturated rings. The first-order chi connectivity index (χ1) is 8.27. The zero-order valence-electron chi connectivity index (χ0n) is 10.2. The molecule has 0 aliphatic carbocycles. The second-order valence-electron chi connectivity index (χ2n) is 4.16. The third-order valence-electron chi connectivity index (χ3n) is 2.88. The molecular formula is C14H17N3. The van der Waals surface area contributed by atoms with Crippen molar-refractivity contribution in [1.29, 1.82) is 0 Å². The van der Waals surface area contributed by atoms with E-state index in [9.17, 15) is 0 Å². The van der Waals surface area contributed by atoms with Gasteiger partial charge >= 0.3 is 0 Å². The topological polar surface area (TPSA) is 37.8 Å². The number of nitrogens with one attached hydrogen (secondary N) is 1. The van der Waals surface area contributed by atoms with E-state index < -0.39 is 0 Å². The first kappa shape index (κ1) is 11.7. The van der Waals surface area contributed by atoms with Gasteiger partial charge in [0.05, 0.1) is 5.69 Å². The van der Waals surface area contributed by atoms with Crippen molar-refractivity contribution >= 4 is 0 Å². The Kier molecular flexibility index (Phi) is 3.83. The van der Waals surface area contributed by atoms with Crippen LogP contribution in [0.2, 0.25) is 0 Å². The molecule has 2 aromatic rings. The average Bonchev–Trinajstić information content (AvgIpc) is 2.38. The normalized spacial score (nSPS) is 12.4. The second kappa shape index (κ2) is 5.55. The quantitative estimate of drug-likeness (QED) is 0.872. The van der Waals surface area contributed by atoms with Crippen LogP contribution in [0.15, 0.2) is 42.9 Å². The Bertz CT molecular complexity index is 468. The molecule has 0 aliphatic heterocycles. The highest BCUT2D eigenvalue weighted by Crippen LogP contribution is 2.10. The minimum atomic E-state index is 0.246. The van der Waals surface area contributed by atoms with Gasteiger partial charge in [0, 0.05) is 31.2 Å². The van der Waals surface area contributed by atoms with Crippen molar-refractivity contribution in [3.63, 3.8) is 0 Å². The van der Waals surface area contributed by atoms with E-state index >= 15 is 0 Å². The second-order valence-corrected chi connectivity index (χ2v) is 4.16. The number of rotatable bonds is 4. The molecule has 2 rings (SSSR count). The standard InChI is InChI=1S/C14H17N3/c1-11-6-8-15-9-13(11)10-17-12(2)14-5-3-4-7-16-14/h3-9,12,17H,10H2,1-2H3/t12-/m1/s1. The van der Waals surface area contributed by atoms with E-state index in [1.807, 2.05) is 42.9 Å². The third kappa shape index (κ3) is 3.11. The Hall–Kier alpha value is -1.74. The maximum absolute atomic E-state index is 4.34. The molecule has 0 spiro atoms. The molecule has 2 aromatic heterocycles. The molecule has 17 heavy (non-hydrogen) atoms. The summed E-state index contributed by atoms with van der Waals surface area (Å²) in [6, 6.07) is 8.25. The fourth-order valence-corrected chi connectivity index (χ4v) is 1.68. The van der Waals surface area contributed by atoms with Gasteiger partial charge in [0.15, 0.2) is 0 Å². The lowest BCUT2D eigenvalue weighted by Crippen LogP contribution is -2.19. The van der Waals surface area contributed by atoms with Crippen molar-refractivity contribution in [2.45, 2.75) is 26.4 Å². The van der Waals surface area contributed by atoms with Gasteiger partial charge in [-0.3, -0.25) is 9.97 Å². The summed E-state index contributed by atoms with van der Waals surface area (Å²) >= 11 is 0. The highest BCUT2D eigenvalue weighted by Gasteiger charge is 2.06. The summed E-state index contributed by atoms with van der Waals surface area (Å²) in [6.45, 7) is 5.04. The van der Waals surface area contributed by atoms with Gasteiger partial charge in [-0.15, -0.1) is 0 Å². The summed E-state index contributed by atoms with van der Waals surface area (Å²) in [5, 5.41) is 3.45. The number of nitrogens with zero attached hydrogens (tertiary/aromatic N) is 2. The number of aromatic nitrogens is 2. The van der Waals surface area contributed by atoms with Crippen LogP contribution in [0.25, 0.3) is 0 Å². The Morgan fingerprint density at radius 1 is 1.24 bits per heavy atom. The number of hydrogen-bond donors (Lipinski definition) is 1. The predicted molar refractivity (Wildman–Crippen MR) is 68.5 cm³/mol. The summed E-state index contributed by atoms with van der Waals surface area (Å²) in [4.78, 5) is 8.48. The Balaban J connectivity index is 1.97. The largest absolute Gasteiger partial charge is 0.305 e. The van der Waals surface area contributed by atoms with Crippen LogP contribution < -0.4 is 5.32 Å². The van der Waals surface area contributed by atoms with Crippen molar-refractivity contribution in [3.8, 4) is 0 Å². The lowest BCUT2D eigenvalue weighted by molar-refractivity contribution is 0.559. The number of pyridine rings is 2. The Morgan fingerprint density at radius 2 is 2.12 bits per heavy atom.